The molecule has 0 fully saturated rings. The molecule has 3 nitrogen and oxygen atoms in total. The predicted octanol–water partition coefficient (Wildman–Crippen LogP) is 1.44. The molecule has 2 aromatic carbocycles. The van der Waals surface area contributed by atoms with Crippen molar-refractivity contribution in [1.82, 2.24) is 0 Å². The number of ether oxygens (including phenoxy) is 1. The normalized spacial score (nSPS) is 10.2. The first-order chi connectivity index (χ1) is 8.58. The minimum absolute atomic E-state index is 0.310. The molecule has 0 spiro atoms. The van der Waals surface area contributed by atoms with Gasteiger partial charge in [-0.25, -0.2) is 8.78 Å². The summed E-state index contributed by atoms with van der Waals surface area (Å²) in [5.41, 5.74) is -0.364. The van der Waals surface area contributed by atoms with Crippen molar-refractivity contribution < 1.29 is 23.6 Å². The monoisotopic (exact) mass is 250 g/mol. The highest BCUT2D eigenvalue weighted by molar-refractivity contribution is 6.59. The quantitative estimate of drug-likeness (QED) is 0.810. The van der Waals surface area contributed by atoms with E-state index in [2.05, 4.69) is 0 Å². The second kappa shape index (κ2) is 5.16. The molecule has 6 heteroatoms. The van der Waals surface area contributed by atoms with Crippen LogP contribution in [0.5, 0.6) is 11.5 Å². The van der Waals surface area contributed by atoms with Gasteiger partial charge in [-0.3, -0.25) is 0 Å². The molecule has 0 unspecified atom stereocenters. The molecule has 0 heterocycles. The molecule has 0 saturated carbocycles. The van der Waals surface area contributed by atoms with Crippen molar-refractivity contribution in [3.63, 3.8) is 0 Å². The van der Waals surface area contributed by atoms with E-state index in [1.807, 2.05) is 0 Å². The van der Waals surface area contributed by atoms with Crippen LogP contribution >= 0.6 is 0 Å². The van der Waals surface area contributed by atoms with E-state index in [1.165, 1.54) is 0 Å². The third-order valence-electron chi connectivity index (χ3n) is 2.28. The first-order valence-corrected chi connectivity index (χ1v) is 5.16. The van der Waals surface area contributed by atoms with Crippen LogP contribution in [-0.4, -0.2) is 17.2 Å². The lowest BCUT2D eigenvalue weighted by molar-refractivity contribution is 0.412. The fourth-order valence-electron chi connectivity index (χ4n) is 1.49. The topological polar surface area (TPSA) is 49.7 Å². The first-order valence-electron chi connectivity index (χ1n) is 5.16. The van der Waals surface area contributed by atoms with Gasteiger partial charge < -0.3 is 14.8 Å². The first kappa shape index (κ1) is 12.5. The summed E-state index contributed by atoms with van der Waals surface area (Å²) in [6, 6.07) is 9.65. The molecule has 0 aliphatic heterocycles. The summed E-state index contributed by atoms with van der Waals surface area (Å²) in [6.07, 6.45) is 0. The standard InChI is InChI=1S/C12H9BF2O3/c14-8-6-10(13(16)17)12(11(15)7-8)18-9-4-2-1-3-5-9/h1-7,16-17H. The molecule has 2 aromatic rings. The molecule has 0 radical (unpaired) electrons. The van der Waals surface area contributed by atoms with Crippen LogP contribution in [0.3, 0.4) is 0 Å². The molecule has 18 heavy (non-hydrogen) atoms. The Kier molecular flexibility index (Phi) is 3.59. The van der Waals surface area contributed by atoms with E-state index < -0.39 is 24.5 Å². The lowest BCUT2D eigenvalue weighted by Crippen LogP contribution is -2.32. The number of benzene rings is 2. The molecule has 0 atom stereocenters. The van der Waals surface area contributed by atoms with Crippen LogP contribution in [0.15, 0.2) is 42.5 Å². The fourth-order valence-corrected chi connectivity index (χ4v) is 1.49. The van der Waals surface area contributed by atoms with Gasteiger partial charge in [0, 0.05) is 11.5 Å². The number of halogens is 2. The molecule has 0 aliphatic rings. The van der Waals surface area contributed by atoms with Crippen molar-refractivity contribution in [2.24, 2.45) is 0 Å². The van der Waals surface area contributed by atoms with Gasteiger partial charge in [0.05, 0.1) is 0 Å². The molecular weight excluding hydrogens is 241 g/mol. The smallest absolute Gasteiger partial charge is 0.455 e. The van der Waals surface area contributed by atoms with E-state index in [0.717, 1.165) is 6.07 Å². The zero-order valence-corrected chi connectivity index (χ0v) is 9.18. The van der Waals surface area contributed by atoms with Crippen LogP contribution in [-0.2, 0) is 0 Å². The van der Waals surface area contributed by atoms with Gasteiger partial charge in [0.15, 0.2) is 11.6 Å². The SMILES string of the molecule is OB(O)c1cc(F)cc(F)c1Oc1ccccc1. The highest BCUT2D eigenvalue weighted by Gasteiger charge is 2.22. The van der Waals surface area contributed by atoms with Crippen LogP contribution in [0.4, 0.5) is 8.78 Å². The Balaban J connectivity index is 2.43. The van der Waals surface area contributed by atoms with E-state index in [4.69, 9.17) is 14.8 Å². The largest absolute Gasteiger partial charge is 0.492 e. The lowest BCUT2D eigenvalue weighted by atomic mass is 9.79. The van der Waals surface area contributed by atoms with E-state index in [9.17, 15) is 8.78 Å². The molecule has 0 saturated heterocycles. The third kappa shape index (κ3) is 2.66. The summed E-state index contributed by atoms with van der Waals surface area (Å²) in [6.45, 7) is 0. The predicted molar refractivity (Wildman–Crippen MR) is 62.7 cm³/mol. The van der Waals surface area contributed by atoms with E-state index in [1.54, 1.807) is 30.3 Å². The molecule has 0 amide bonds. The van der Waals surface area contributed by atoms with E-state index in [0.29, 0.717) is 11.8 Å². The van der Waals surface area contributed by atoms with Gasteiger partial charge in [0.2, 0.25) is 0 Å². The summed E-state index contributed by atoms with van der Waals surface area (Å²) in [5, 5.41) is 18.1. The number of para-hydroxylation sites is 1. The summed E-state index contributed by atoms with van der Waals surface area (Å²) in [5.74, 6) is -2.00. The molecule has 2 rings (SSSR count). The second-order valence-electron chi connectivity index (χ2n) is 3.59. The van der Waals surface area contributed by atoms with Crippen molar-refractivity contribution in [3.05, 3.63) is 54.1 Å². The van der Waals surface area contributed by atoms with Crippen LogP contribution in [0.2, 0.25) is 0 Å². The van der Waals surface area contributed by atoms with Gasteiger partial charge in [0.25, 0.3) is 0 Å². The maximum atomic E-state index is 13.6. The van der Waals surface area contributed by atoms with Crippen molar-refractivity contribution in [1.29, 1.82) is 0 Å². The average molecular weight is 250 g/mol. The van der Waals surface area contributed by atoms with Gasteiger partial charge in [-0.05, 0) is 18.2 Å². The zero-order valence-electron chi connectivity index (χ0n) is 9.18. The van der Waals surface area contributed by atoms with Gasteiger partial charge in [-0.2, -0.15) is 0 Å². The van der Waals surface area contributed by atoms with Gasteiger partial charge >= 0.3 is 7.12 Å². The third-order valence-corrected chi connectivity index (χ3v) is 2.28. The Labute approximate surface area is 102 Å². The number of hydrogen-bond acceptors (Lipinski definition) is 3. The van der Waals surface area contributed by atoms with E-state index in [-0.39, 0.29) is 5.46 Å². The Morgan fingerprint density at radius 2 is 1.67 bits per heavy atom. The lowest BCUT2D eigenvalue weighted by Gasteiger charge is -2.11. The molecule has 2 N–H and O–H groups in total. The number of hydrogen-bond donors (Lipinski definition) is 2. The molecule has 0 aliphatic carbocycles. The minimum atomic E-state index is -2.02. The van der Waals surface area contributed by atoms with Crippen LogP contribution in [0.1, 0.15) is 0 Å². The second-order valence-corrected chi connectivity index (χ2v) is 3.59. The summed E-state index contributed by atoms with van der Waals surface area (Å²) in [4.78, 5) is 0. The summed E-state index contributed by atoms with van der Waals surface area (Å²) < 4.78 is 31.8. The van der Waals surface area contributed by atoms with Crippen molar-refractivity contribution in [3.8, 4) is 11.5 Å². The Hall–Kier alpha value is -1.92. The van der Waals surface area contributed by atoms with Crippen molar-refractivity contribution >= 4 is 12.6 Å². The highest BCUT2D eigenvalue weighted by atomic mass is 19.1. The zero-order chi connectivity index (χ0) is 13.1. The average Bonchev–Trinajstić information content (AvgIpc) is 2.33. The number of rotatable bonds is 3. The molecule has 92 valence electrons. The van der Waals surface area contributed by atoms with Gasteiger partial charge in [-0.1, -0.05) is 18.2 Å². The molecular formula is C12H9BF2O3. The van der Waals surface area contributed by atoms with Gasteiger partial charge in [0.1, 0.15) is 11.6 Å². The molecule has 0 bridgehead atoms. The van der Waals surface area contributed by atoms with Crippen molar-refractivity contribution in [2.45, 2.75) is 0 Å². The summed E-state index contributed by atoms with van der Waals surface area (Å²) in [7, 11) is -2.02. The Morgan fingerprint density at radius 1 is 1.00 bits per heavy atom. The fraction of sp³-hybridized carbons (Fsp3) is 0. The van der Waals surface area contributed by atoms with Crippen LogP contribution in [0.25, 0.3) is 0 Å². The van der Waals surface area contributed by atoms with Crippen LogP contribution in [0, 0.1) is 11.6 Å². The Morgan fingerprint density at radius 3 is 2.28 bits per heavy atom. The summed E-state index contributed by atoms with van der Waals surface area (Å²) >= 11 is 0. The minimum Gasteiger partial charge on any atom is -0.455 e. The maximum Gasteiger partial charge on any atom is 0.492 e. The van der Waals surface area contributed by atoms with Gasteiger partial charge in [-0.15, -0.1) is 0 Å². The molecule has 0 aromatic heterocycles. The van der Waals surface area contributed by atoms with Crippen LogP contribution < -0.4 is 10.2 Å². The highest BCUT2D eigenvalue weighted by Crippen LogP contribution is 2.23. The maximum absolute atomic E-state index is 13.6. The van der Waals surface area contributed by atoms with E-state index >= 15 is 0 Å². The Bertz CT molecular complexity index is 547. The van der Waals surface area contributed by atoms with Crippen molar-refractivity contribution in [2.75, 3.05) is 0 Å².